The molecule has 0 heterocycles. The van der Waals surface area contributed by atoms with Gasteiger partial charge in [-0.3, -0.25) is 0 Å². The van der Waals surface area contributed by atoms with Crippen LogP contribution in [0.2, 0.25) is 0 Å². The second-order valence-corrected chi connectivity index (χ2v) is 5.17. The number of nitrogens with one attached hydrogen (secondary N) is 2. The van der Waals surface area contributed by atoms with E-state index in [1.165, 1.54) is 0 Å². The number of anilines is 3. The molecule has 0 aliphatic rings. The van der Waals surface area contributed by atoms with Gasteiger partial charge >= 0.3 is 6.03 Å². The lowest BCUT2D eigenvalue weighted by Gasteiger charge is -2.21. The summed E-state index contributed by atoms with van der Waals surface area (Å²) in [5.74, 6) is 0. The molecule has 0 radical (unpaired) electrons. The average molecular weight is 297 g/mol. The Labute approximate surface area is 132 Å². The highest BCUT2D eigenvalue weighted by atomic mass is 16.2. The SMILES string of the molecule is CCN(CC)c1ccc(NC(=O)Nc2cccc(C)c2)cc1. The molecule has 2 aromatic carbocycles. The molecule has 0 aromatic heterocycles. The molecule has 0 unspecified atom stereocenters. The van der Waals surface area contributed by atoms with Crippen LogP contribution in [0.5, 0.6) is 0 Å². The Morgan fingerprint density at radius 2 is 1.59 bits per heavy atom. The van der Waals surface area contributed by atoms with Crippen molar-refractivity contribution in [3.05, 3.63) is 54.1 Å². The van der Waals surface area contributed by atoms with Gasteiger partial charge in [0.25, 0.3) is 0 Å². The van der Waals surface area contributed by atoms with E-state index in [4.69, 9.17) is 0 Å². The molecule has 22 heavy (non-hydrogen) atoms. The number of rotatable bonds is 5. The normalized spacial score (nSPS) is 10.1. The van der Waals surface area contributed by atoms with Crippen LogP contribution in [0.25, 0.3) is 0 Å². The zero-order chi connectivity index (χ0) is 15.9. The van der Waals surface area contributed by atoms with E-state index in [0.717, 1.165) is 35.7 Å². The summed E-state index contributed by atoms with van der Waals surface area (Å²) < 4.78 is 0. The number of amides is 2. The lowest BCUT2D eigenvalue weighted by atomic mass is 10.2. The molecule has 0 spiro atoms. The molecule has 0 saturated heterocycles. The quantitative estimate of drug-likeness (QED) is 0.854. The minimum Gasteiger partial charge on any atom is -0.372 e. The van der Waals surface area contributed by atoms with Crippen LogP contribution in [-0.2, 0) is 0 Å². The maximum Gasteiger partial charge on any atom is 0.323 e. The third-order valence-corrected chi connectivity index (χ3v) is 3.53. The summed E-state index contributed by atoms with van der Waals surface area (Å²) in [5, 5.41) is 5.67. The van der Waals surface area contributed by atoms with Crippen molar-refractivity contribution in [2.24, 2.45) is 0 Å². The molecule has 4 heteroatoms. The van der Waals surface area contributed by atoms with Crippen molar-refractivity contribution in [2.45, 2.75) is 20.8 Å². The molecule has 2 amide bonds. The van der Waals surface area contributed by atoms with Gasteiger partial charge in [0.05, 0.1) is 0 Å². The third kappa shape index (κ3) is 4.25. The number of urea groups is 1. The number of hydrogen-bond donors (Lipinski definition) is 2. The highest BCUT2D eigenvalue weighted by Gasteiger charge is 2.05. The standard InChI is InChI=1S/C18H23N3O/c1-4-21(5-2)17-11-9-15(10-12-17)19-18(22)20-16-8-6-7-14(3)13-16/h6-13H,4-5H2,1-3H3,(H2,19,20,22). The van der Waals surface area contributed by atoms with Crippen LogP contribution < -0.4 is 15.5 Å². The number of carbonyl (C=O) groups excluding carboxylic acids is 1. The fourth-order valence-electron chi connectivity index (χ4n) is 2.36. The minimum atomic E-state index is -0.235. The highest BCUT2D eigenvalue weighted by molar-refractivity contribution is 5.99. The molecule has 0 fully saturated rings. The van der Waals surface area contributed by atoms with E-state index in [2.05, 4.69) is 29.4 Å². The zero-order valence-electron chi connectivity index (χ0n) is 13.4. The number of nitrogens with zero attached hydrogens (tertiary/aromatic N) is 1. The summed E-state index contributed by atoms with van der Waals surface area (Å²) >= 11 is 0. The van der Waals surface area contributed by atoms with Crippen LogP contribution in [0.3, 0.4) is 0 Å². The van der Waals surface area contributed by atoms with Crippen LogP contribution in [0.4, 0.5) is 21.9 Å². The van der Waals surface area contributed by atoms with Crippen LogP contribution in [0.15, 0.2) is 48.5 Å². The number of benzene rings is 2. The second kappa shape index (κ2) is 7.50. The Balaban J connectivity index is 1.97. The summed E-state index contributed by atoms with van der Waals surface area (Å²) in [6.07, 6.45) is 0. The molecule has 0 saturated carbocycles. The number of aryl methyl sites for hydroxylation is 1. The Bertz CT molecular complexity index is 618. The van der Waals surface area contributed by atoms with E-state index in [9.17, 15) is 4.79 Å². The predicted octanol–water partition coefficient (Wildman–Crippen LogP) is 4.49. The molecular formula is C18H23N3O. The maximum absolute atomic E-state index is 12.0. The third-order valence-electron chi connectivity index (χ3n) is 3.53. The summed E-state index contributed by atoms with van der Waals surface area (Å²) in [7, 11) is 0. The highest BCUT2D eigenvalue weighted by Crippen LogP contribution is 2.18. The predicted molar refractivity (Wildman–Crippen MR) is 93.8 cm³/mol. The lowest BCUT2D eigenvalue weighted by Crippen LogP contribution is -2.22. The van der Waals surface area contributed by atoms with Crippen molar-refractivity contribution in [3.8, 4) is 0 Å². The minimum absolute atomic E-state index is 0.235. The van der Waals surface area contributed by atoms with E-state index in [-0.39, 0.29) is 6.03 Å². The molecule has 0 atom stereocenters. The van der Waals surface area contributed by atoms with Gasteiger partial charge in [-0.25, -0.2) is 4.79 Å². The zero-order valence-corrected chi connectivity index (χ0v) is 13.4. The largest absolute Gasteiger partial charge is 0.372 e. The van der Waals surface area contributed by atoms with E-state index in [1.807, 2.05) is 55.5 Å². The molecule has 4 nitrogen and oxygen atoms in total. The summed E-state index contributed by atoms with van der Waals surface area (Å²) in [6.45, 7) is 8.19. The lowest BCUT2D eigenvalue weighted by molar-refractivity contribution is 0.262. The smallest absolute Gasteiger partial charge is 0.323 e. The van der Waals surface area contributed by atoms with Gasteiger partial charge in [0.2, 0.25) is 0 Å². The summed E-state index contributed by atoms with van der Waals surface area (Å²) in [5.41, 5.74) is 3.84. The van der Waals surface area contributed by atoms with Gasteiger partial charge in [-0.15, -0.1) is 0 Å². The van der Waals surface area contributed by atoms with E-state index in [1.54, 1.807) is 0 Å². The first-order valence-electron chi connectivity index (χ1n) is 7.62. The summed E-state index contributed by atoms with van der Waals surface area (Å²) in [6, 6.07) is 15.4. The molecule has 2 rings (SSSR count). The molecule has 0 aliphatic heterocycles. The monoisotopic (exact) mass is 297 g/mol. The van der Waals surface area contributed by atoms with Gasteiger partial charge in [-0.1, -0.05) is 12.1 Å². The first-order valence-corrected chi connectivity index (χ1v) is 7.62. The average Bonchev–Trinajstić information content (AvgIpc) is 2.50. The molecule has 116 valence electrons. The number of hydrogen-bond acceptors (Lipinski definition) is 2. The van der Waals surface area contributed by atoms with Gasteiger partial charge < -0.3 is 15.5 Å². The van der Waals surface area contributed by atoms with Crippen molar-refractivity contribution >= 4 is 23.1 Å². The van der Waals surface area contributed by atoms with Crippen molar-refractivity contribution in [1.82, 2.24) is 0 Å². The van der Waals surface area contributed by atoms with Gasteiger partial charge in [0.15, 0.2) is 0 Å². The van der Waals surface area contributed by atoms with Crippen molar-refractivity contribution in [3.63, 3.8) is 0 Å². The van der Waals surface area contributed by atoms with Crippen LogP contribution in [0, 0.1) is 6.92 Å². The fourth-order valence-corrected chi connectivity index (χ4v) is 2.36. The molecule has 0 bridgehead atoms. The van der Waals surface area contributed by atoms with Gasteiger partial charge in [0.1, 0.15) is 0 Å². The van der Waals surface area contributed by atoms with Crippen LogP contribution in [0.1, 0.15) is 19.4 Å². The topological polar surface area (TPSA) is 44.4 Å². The Kier molecular flexibility index (Phi) is 5.42. The van der Waals surface area contributed by atoms with Gasteiger partial charge in [0, 0.05) is 30.2 Å². The molecule has 0 aliphatic carbocycles. The Morgan fingerprint density at radius 3 is 2.18 bits per heavy atom. The van der Waals surface area contributed by atoms with Crippen LogP contribution >= 0.6 is 0 Å². The molecule has 2 aromatic rings. The summed E-state index contributed by atoms with van der Waals surface area (Å²) in [4.78, 5) is 14.3. The van der Waals surface area contributed by atoms with Crippen LogP contribution in [-0.4, -0.2) is 19.1 Å². The Morgan fingerprint density at radius 1 is 0.955 bits per heavy atom. The first-order chi connectivity index (χ1) is 10.6. The number of carbonyl (C=O) groups is 1. The van der Waals surface area contributed by atoms with Crippen molar-refractivity contribution in [1.29, 1.82) is 0 Å². The van der Waals surface area contributed by atoms with Crippen molar-refractivity contribution in [2.75, 3.05) is 28.6 Å². The van der Waals surface area contributed by atoms with E-state index >= 15 is 0 Å². The van der Waals surface area contributed by atoms with Gasteiger partial charge in [-0.05, 0) is 62.7 Å². The first kappa shape index (κ1) is 15.9. The molecular weight excluding hydrogens is 274 g/mol. The van der Waals surface area contributed by atoms with Gasteiger partial charge in [-0.2, -0.15) is 0 Å². The maximum atomic E-state index is 12.0. The second-order valence-electron chi connectivity index (χ2n) is 5.17. The van der Waals surface area contributed by atoms with Crippen molar-refractivity contribution < 1.29 is 4.79 Å². The molecule has 2 N–H and O–H groups in total. The Hall–Kier alpha value is -2.49. The van der Waals surface area contributed by atoms with E-state index in [0.29, 0.717) is 0 Å². The van der Waals surface area contributed by atoms with E-state index < -0.39 is 0 Å². The fraction of sp³-hybridized carbons (Fsp3) is 0.278.